The number of carbonyl (C=O) groups is 2. The van der Waals surface area contributed by atoms with Crippen molar-refractivity contribution in [2.45, 2.75) is 19.6 Å². The SMILES string of the molecule is COc1ccc(C(=O)C(C)OC(=O)Cn2nnc3ccccc3c2=O)cc1. The van der Waals surface area contributed by atoms with Gasteiger partial charge in [-0.25, -0.2) is 0 Å². The minimum absolute atomic E-state index is 0.350. The van der Waals surface area contributed by atoms with Crippen molar-refractivity contribution in [3.63, 3.8) is 0 Å². The average molecular weight is 367 g/mol. The van der Waals surface area contributed by atoms with E-state index in [-0.39, 0.29) is 5.78 Å². The molecule has 1 aromatic heterocycles. The van der Waals surface area contributed by atoms with Crippen molar-refractivity contribution >= 4 is 22.7 Å². The molecule has 0 spiro atoms. The Morgan fingerprint density at radius 3 is 2.52 bits per heavy atom. The van der Waals surface area contributed by atoms with Crippen LogP contribution in [0.1, 0.15) is 17.3 Å². The third-order valence-electron chi connectivity index (χ3n) is 3.96. The number of Topliss-reactive ketones (excluding diaryl/α,β-unsaturated/α-hetero) is 1. The smallest absolute Gasteiger partial charge is 0.328 e. The van der Waals surface area contributed by atoms with Gasteiger partial charge in [0.15, 0.2) is 6.10 Å². The normalized spacial score (nSPS) is 11.8. The van der Waals surface area contributed by atoms with Crippen molar-refractivity contribution in [1.82, 2.24) is 15.0 Å². The van der Waals surface area contributed by atoms with Crippen molar-refractivity contribution in [2.24, 2.45) is 0 Å². The number of hydrogen-bond acceptors (Lipinski definition) is 7. The van der Waals surface area contributed by atoms with Crippen LogP contribution >= 0.6 is 0 Å². The minimum atomic E-state index is -1.00. The number of carbonyl (C=O) groups excluding carboxylic acids is 2. The first kappa shape index (κ1) is 18.2. The van der Waals surface area contributed by atoms with E-state index in [0.717, 1.165) is 4.68 Å². The maximum atomic E-state index is 12.4. The van der Waals surface area contributed by atoms with E-state index >= 15 is 0 Å². The summed E-state index contributed by atoms with van der Waals surface area (Å²) >= 11 is 0. The summed E-state index contributed by atoms with van der Waals surface area (Å²) in [5.74, 6) is -0.496. The molecule has 0 aliphatic carbocycles. The Morgan fingerprint density at radius 1 is 1.11 bits per heavy atom. The third kappa shape index (κ3) is 4.00. The number of rotatable bonds is 6. The molecule has 0 aliphatic rings. The second kappa shape index (κ2) is 7.77. The Bertz CT molecular complexity index is 1040. The molecule has 1 unspecified atom stereocenters. The first-order valence-electron chi connectivity index (χ1n) is 8.20. The highest BCUT2D eigenvalue weighted by Crippen LogP contribution is 2.14. The molecular formula is C19H17N3O5. The Hall–Kier alpha value is -3.55. The quantitative estimate of drug-likeness (QED) is 0.482. The Balaban J connectivity index is 1.69. The number of ether oxygens (including phenoxy) is 2. The molecule has 0 amide bonds. The maximum absolute atomic E-state index is 12.4. The van der Waals surface area contributed by atoms with Gasteiger partial charge in [0.1, 0.15) is 17.8 Å². The van der Waals surface area contributed by atoms with Crippen LogP contribution in [-0.2, 0) is 16.1 Å². The van der Waals surface area contributed by atoms with Gasteiger partial charge in [-0.15, -0.1) is 5.10 Å². The van der Waals surface area contributed by atoms with Crippen LogP contribution in [0.3, 0.4) is 0 Å². The van der Waals surface area contributed by atoms with Crippen molar-refractivity contribution in [1.29, 1.82) is 0 Å². The zero-order valence-corrected chi connectivity index (χ0v) is 14.8. The van der Waals surface area contributed by atoms with Crippen molar-refractivity contribution in [2.75, 3.05) is 7.11 Å². The van der Waals surface area contributed by atoms with Crippen LogP contribution in [0.5, 0.6) is 5.75 Å². The molecule has 0 bridgehead atoms. The Labute approximate surface area is 154 Å². The van der Waals surface area contributed by atoms with Gasteiger partial charge >= 0.3 is 5.97 Å². The molecule has 0 aliphatic heterocycles. The van der Waals surface area contributed by atoms with E-state index in [4.69, 9.17) is 9.47 Å². The lowest BCUT2D eigenvalue weighted by atomic mass is 10.1. The van der Waals surface area contributed by atoms with E-state index in [0.29, 0.717) is 22.2 Å². The van der Waals surface area contributed by atoms with E-state index in [1.807, 2.05) is 0 Å². The van der Waals surface area contributed by atoms with E-state index in [1.165, 1.54) is 14.0 Å². The molecule has 0 fully saturated rings. The average Bonchev–Trinajstić information content (AvgIpc) is 2.69. The fourth-order valence-electron chi connectivity index (χ4n) is 2.53. The van der Waals surface area contributed by atoms with Crippen LogP contribution in [-0.4, -0.2) is 40.0 Å². The summed E-state index contributed by atoms with van der Waals surface area (Å²) in [5.41, 5.74) is 0.376. The summed E-state index contributed by atoms with van der Waals surface area (Å²) in [4.78, 5) is 36.8. The molecule has 0 radical (unpaired) electrons. The molecule has 0 saturated heterocycles. The van der Waals surface area contributed by atoms with E-state index < -0.39 is 24.2 Å². The first-order valence-corrected chi connectivity index (χ1v) is 8.20. The molecule has 0 N–H and O–H groups in total. The molecule has 2 aromatic carbocycles. The van der Waals surface area contributed by atoms with Gasteiger partial charge in [0, 0.05) is 5.56 Å². The number of aromatic nitrogens is 3. The largest absolute Gasteiger partial charge is 0.497 e. The molecule has 138 valence electrons. The van der Waals surface area contributed by atoms with Crippen LogP contribution in [0.2, 0.25) is 0 Å². The second-order valence-corrected chi connectivity index (χ2v) is 5.79. The molecular weight excluding hydrogens is 350 g/mol. The van der Waals surface area contributed by atoms with Crippen LogP contribution < -0.4 is 10.3 Å². The van der Waals surface area contributed by atoms with Gasteiger partial charge in [-0.2, -0.15) is 4.68 Å². The lowest BCUT2D eigenvalue weighted by Crippen LogP contribution is -2.32. The van der Waals surface area contributed by atoms with Crippen molar-refractivity contribution < 1.29 is 19.1 Å². The zero-order valence-electron chi connectivity index (χ0n) is 14.8. The topological polar surface area (TPSA) is 100 Å². The van der Waals surface area contributed by atoms with E-state index in [2.05, 4.69) is 10.3 Å². The number of benzene rings is 2. The molecule has 3 aromatic rings. The van der Waals surface area contributed by atoms with Gasteiger partial charge in [-0.1, -0.05) is 17.3 Å². The molecule has 1 atom stereocenters. The predicted octanol–water partition coefficient (Wildman–Crippen LogP) is 1.61. The van der Waals surface area contributed by atoms with Gasteiger partial charge in [0.25, 0.3) is 5.56 Å². The van der Waals surface area contributed by atoms with Crippen LogP contribution in [0.15, 0.2) is 53.3 Å². The van der Waals surface area contributed by atoms with Gasteiger partial charge in [0.05, 0.1) is 12.5 Å². The van der Waals surface area contributed by atoms with Gasteiger partial charge in [-0.3, -0.25) is 14.4 Å². The molecule has 3 rings (SSSR count). The number of hydrogen-bond donors (Lipinski definition) is 0. The minimum Gasteiger partial charge on any atom is -0.497 e. The van der Waals surface area contributed by atoms with E-state index in [9.17, 15) is 14.4 Å². The van der Waals surface area contributed by atoms with Crippen LogP contribution in [0, 0.1) is 0 Å². The maximum Gasteiger partial charge on any atom is 0.328 e. The number of nitrogens with zero attached hydrogens (tertiary/aromatic N) is 3. The number of esters is 1. The molecule has 27 heavy (non-hydrogen) atoms. The fourth-order valence-corrected chi connectivity index (χ4v) is 2.53. The standard InChI is InChI=1S/C19H17N3O5/c1-12(18(24)13-7-9-14(26-2)10-8-13)27-17(23)11-22-19(25)15-5-3-4-6-16(15)20-21-22/h3-10,12H,11H2,1-2H3. The van der Waals surface area contributed by atoms with Crippen molar-refractivity contribution in [3.05, 3.63) is 64.4 Å². The van der Waals surface area contributed by atoms with Crippen LogP contribution in [0.4, 0.5) is 0 Å². The molecule has 0 saturated carbocycles. The van der Waals surface area contributed by atoms with Gasteiger partial charge in [0.2, 0.25) is 5.78 Å². The van der Waals surface area contributed by atoms with Crippen LogP contribution in [0.25, 0.3) is 10.9 Å². The summed E-state index contributed by atoms with van der Waals surface area (Å²) in [6.45, 7) is 1.04. The Kier molecular flexibility index (Phi) is 5.25. The molecule has 1 heterocycles. The molecule has 8 nitrogen and oxygen atoms in total. The number of fused-ring (bicyclic) bond motifs is 1. The monoisotopic (exact) mass is 367 g/mol. The molecule has 8 heteroatoms. The lowest BCUT2D eigenvalue weighted by Gasteiger charge is -2.13. The highest BCUT2D eigenvalue weighted by Gasteiger charge is 2.20. The zero-order chi connectivity index (χ0) is 19.4. The first-order chi connectivity index (χ1) is 13.0. The fraction of sp³-hybridized carbons (Fsp3) is 0.211. The van der Waals surface area contributed by atoms with Gasteiger partial charge < -0.3 is 9.47 Å². The number of methoxy groups -OCH3 is 1. The Morgan fingerprint density at radius 2 is 1.81 bits per heavy atom. The highest BCUT2D eigenvalue weighted by atomic mass is 16.5. The number of ketones is 1. The summed E-state index contributed by atoms with van der Waals surface area (Å²) in [5, 5.41) is 7.98. The summed E-state index contributed by atoms with van der Waals surface area (Å²) in [6, 6.07) is 13.2. The second-order valence-electron chi connectivity index (χ2n) is 5.79. The summed E-state index contributed by atoms with van der Waals surface area (Å²) in [7, 11) is 1.53. The van der Waals surface area contributed by atoms with Crippen molar-refractivity contribution in [3.8, 4) is 5.75 Å². The van der Waals surface area contributed by atoms with E-state index in [1.54, 1.807) is 48.5 Å². The summed E-state index contributed by atoms with van der Waals surface area (Å²) in [6.07, 6.45) is -1.00. The van der Waals surface area contributed by atoms with Gasteiger partial charge in [-0.05, 0) is 43.3 Å². The summed E-state index contributed by atoms with van der Waals surface area (Å²) < 4.78 is 11.1. The highest BCUT2D eigenvalue weighted by molar-refractivity contribution is 6.00. The lowest BCUT2D eigenvalue weighted by molar-refractivity contribution is -0.147. The predicted molar refractivity (Wildman–Crippen MR) is 96.7 cm³/mol. The third-order valence-corrected chi connectivity index (χ3v) is 3.96.